The Hall–Kier alpha value is -2.69. The fourth-order valence-electron chi connectivity index (χ4n) is 2.84. The molecule has 28 heavy (non-hydrogen) atoms. The van der Waals surface area contributed by atoms with Crippen molar-refractivity contribution in [2.75, 3.05) is 5.73 Å². The second-order valence-corrected chi connectivity index (χ2v) is 9.31. The molecule has 1 aromatic carbocycles. The fraction of sp³-hybridized carbons (Fsp3) is 0.435. The van der Waals surface area contributed by atoms with Crippen LogP contribution >= 0.6 is 0 Å². The van der Waals surface area contributed by atoms with Gasteiger partial charge in [0.15, 0.2) is 0 Å². The molecule has 0 aliphatic heterocycles. The van der Waals surface area contributed by atoms with Gasteiger partial charge < -0.3 is 11.1 Å². The van der Waals surface area contributed by atoms with Gasteiger partial charge >= 0.3 is 0 Å². The van der Waals surface area contributed by atoms with Crippen LogP contribution in [-0.2, 0) is 23.1 Å². The van der Waals surface area contributed by atoms with Gasteiger partial charge in [0, 0.05) is 30.3 Å². The number of nitrogens with two attached hydrogens (primary N) is 1. The standard InChI is InChI=1S/C23H31N3O2/c1-22(2,3)17-8-7-16(19(24)14-17)13-18(27)11-15-9-10-25-20(12-15)21(28)26-23(4,5)6/h7-10,12,14H,11,13,24H2,1-6H3,(H,26,28). The summed E-state index contributed by atoms with van der Waals surface area (Å²) in [6.07, 6.45) is 2.06. The number of nitrogens with one attached hydrogen (secondary N) is 1. The van der Waals surface area contributed by atoms with Gasteiger partial charge in [0.1, 0.15) is 11.5 Å². The highest BCUT2D eigenvalue weighted by Crippen LogP contribution is 2.26. The molecule has 0 bridgehead atoms. The number of ketones is 1. The maximum atomic E-state index is 12.5. The molecular weight excluding hydrogens is 350 g/mol. The lowest BCUT2D eigenvalue weighted by Crippen LogP contribution is -2.40. The number of nitrogens with zero attached hydrogens (tertiary/aromatic N) is 1. The van der Waals surface area contributed by atoms with Crippen LogP contribution in [0.2, 0.25) is 0 Å². The molecule has 0 atom stereocenters. The van der Waals surface area contributed by atoms with E-state index in [0.29, 0.717) is 11.4 Å². The molecular formula is C23H31N3O2. The molecule has 0 aliphatic carbocycles. The first-order chi connectivity index (χ1) is 12.8. The Morgan fingerprint density at radius 1 is 1.00 bits per heavy atom. The summed E-state index contributed by atoms with van der Waals surface area (Å²) in [5, 5.41) is 2.88. The number of benzene rings is 1. The monoisotopic (exact) mass is 381 g/mol. The van der Waals surface area contributed by atoms with Gasteiger partial charge in [-0.05, 0) is 61.1 Å². The third-order valence-corrected chi connectivity index (χ3v) is 4.35. The van der Waals surface area contributed by atoms with Crippen molar-refractivity contribution in [3.8, 4) is 0 Å². The number of hydrogen-bond donors (Lipinski definition) is 2. The number of hydrogen-bond acceptors (Lipinski definition) is 4. The number of carbonyl (C=O) groups excluding carboxylic acids is 2. The van der Waals surface area contributed by atoms with E-state index in [2.05, 4.69) is 31.1 Å². The van der Waals surface area contributed by atoms with Gasteiger partial charge in [-0.1, -0.05) is 32.9 Å². The van der Waals surface area contributed by atoms with Crippen molar-refractivity contribution < 1.29 is 9.59 Å². The predicted octanol–water partition coefficient (Wildman–Crippen LogP) is 3.84. The maximum absolute atomic E-state index is 12.5. The highest BCUT2D eigenvalue weighted by atomic mass is 16.2. The van der Waals surface area contributed by atoms with Crippen LogP contribution in [0, 0.1) is 0 Å². The third-order valence-electron chi connectivity index (χ3n) is 4.35. The number of carbonyl (C=O) groups is 2. The van der Waals surface area contributed by atoms with Crippen molar-refractivity contribution in [1.82, 2.24) is 10.3 Å². The van der Waals surface area contributed by atoms with Crippen molar-refractivity contribution in [3.63, 3.8) is 0 Å². The summed E-state index contributed by atoms with van der Waals surface area (Å²) in [5.41, 5.74) is 9.53. The van der Waals surface area contributed by atoms with E-state index in [4.69, 9.17) is 5.73 Å². The Kier molecular flexibility index (Phi) is 6.27. The Bertz CT molecular complexity index is 874. The minimum Gasteiger partial charge on any atom is -0.398 e. The molecule has 0 spiro atoms. The summed E-state index contributed by atoms with van der Waals surface area (Å²) in [6.45, 7) is 12.1. The van der Waals surface area contributed by atoms with Crippen molar-refractivity contribution >= 4 is 17.4 Å². The molecule has 150 valence electrons. The molecule has 0 radical (unpaired) electrons. The van der Waals surface area contributed by atoms with Crippen molar-refractivity contribution in [3.05, 3.63) is 58.9 Å². The predicted molar refractivity (Wildman–Crippen MR) is 113 cm³/mol. The van der Waals surface area contributed by atoms with E-state index in [0.717, 1.165) is 16.7 Å². The number of anilines is 1. The molecule has 0 fully saturated rings. The zero-order chi connectivity index (χ0) is 21.1. The summed E-state index contributed by atoms with van der Waals surface area (Å²) in [4.78, 5) is 28.9. The lowest BCUT2D eigenvalue weighted by Gasteiger charge is -2.20. The van der Waals surface area contributed by atoms with Crippen LogP contribution in [0.3, 0.4) is 0 Å². The van der Waals surface area contributed by atoms with Gasteiger partial charge in [-0.25, -0.2) is 0 Å². The molecule has 0 saturated carbocycles. The summed E-state index contributed by atoms with van der Waals surface area (Å²) >= 11 is 0. The molecule has 1 aromatic heterocycles. The van der Waals surface area contributed by atoms with Gasteiger partial charge in [-0.15, -0.1) is 0 Å². The minimum absolute atomic E-state index is 0.0116. The van der Waals surface area contributed by atoms with Crippen LogP contribution in [0.4, 0.5) is 5.69 Å². The summed E-state index contributed by atoms with van der Waals surface area (Å²) in [5.74, 6) is -0.201. The molecule has 0 unspecified atom stereocenters. The molecule has 1 amide bonds. The van der Waals surface area contributed by atoms with Gasteiger partial charge in [-0.2, -0.15) is 0 Å². The Labute approximate surface area is 167 Å². The minimum atomic E-state index is -0.346. The van der Waals surface area contributed by atoms with Crippen molar-refractivity contribution in [1.29, 1.82) is 0 Å². The fourth-order valence-corrected chi connectivity index (χ4v) is 2.84. The molecule has 0 saturated heterocycles. The van der Waals surface area contributed by atoms with E-state index < -0.39 is 0 Å². The molecule has 2 aromatic rings. The van der Waals surface area contributed by atoms with E-state index in [9.17, 15) is 9.59 Å². The number of nitrogen functional groups attached to an aromatic ring is 1. The van der Waals surface area contributed by atoms with Crippen LogP contribution < -0.4 is 11.1 Å². The van der Waals surface area contributed by atoms with E-state index in [1.807, 2.05) is 39.0 Å². The summed E-state index contributed by atoms with van der Waals surface area (Å²) in [7, 11) is 0. The Morgan fingerprint density at radius 3 is 2.25 bits per heavy atom. The zero-order valence-corrected chi connectivity index (χ0v) is 17.7. The van der Waals surface area contributed by atoms with Crippen molar-refractivity contribution in [2.24, 2.45) is 0 Å². The number of aromatic nitrogens is 1. The number of pyridine rings is 1. The summed E-state index contributed by atoms with van der Waals surface area (Å²) in [6, 6.07) is 9.34. The summed E-state index contributed by atoms with van der Waals surface area (Å²) < 4.78 is 0. The van der Waals surface area contributed by atoms with Gasteiger partial charge in [0.25, 0.3) is 5.91 Å². The molecule has 5 nitrogen and oxygen atoms in total. The Morgan fingerprint density at radius 2 is 1.68 bits per heavy atom. The van der Waals surface area contributed by atoms with Crippen LogP contribution in [0.25, 0.3) is 0 Å². The van der Waals surface area contributed by atoms with Crippen molar-refractivity contribution in [2.45, 2.75) is 65.3 Å². The van der Waals surface area contributed by atoms with Crippen LogP contribution in [0.5, 0.6) is 0 Å². The highest BCUT2D eigenvalue weighted by Gasteiger charge is 2.18. The van der Waals surface area contributed by atoms with E-state index in [-0.39, 0.29) is 35.5 Å². The van der Waals surface area contributed by atoms with E-state index in [1.54, 1.807) is 18.3 Å². The van der Waals surface area contributed by atoms with E-state index in [1.165, 1.54) is 0 Å². The Balaban J connectivity index is 2.08. The third kappa shape index (κ3) is 6.19. The largest absolute Gasteiger partial charge is 0.398 e. The van der Waals surface area contributed by atoms with Crippen LogP contribution in [0.15, 0.2) is 36.5 Å². The van der Waals surface area contributed by atoms with Gasteiger partial charge in [-0.3, -0.25) is 14.6 Å². The molecule has 5 heteroatoms. The zero-order valence-electron chi connectivity index (χ0n) is 17.7. The first-order valence-electron chi connectivity index (χ1n) is 9.53. The lowest BCUT2D eigenvalue weighted by molar-refractivity contribution is -0.117. The quantitative estimate of drug-likeness (QED) is 0.771. The maximum Gasteiger partial charge on any atom is 0.270 e. The van der Waals surface area contributed by atoms with Gasteiger partial charge in [0.05, 0.1) is 0 Å². The molecule has 2 rings (SSSR count). The molecule has 1 heterocycles. The van der Waals surface area contributed by atoms with Gasteiger partial charge in [0.2, 0.25) is 0 Å². The first-order valence-corrected chi connectivity index (χ1v) is 9.53. The smallest absolute Gasteiger partial charge is 0.270 e. The lowest BCUT2D eigenvalue weighted by atomic mass is 9.85. The number of amides is 1. The number of rotatable bonds is 5. The average molecular weight is 382 g/mol. The normalized spacial score (nSPS) is 11.9. The highest BCUT2D eigenvalue weighted by molar-refractivity contribution is 5.93. The average Bonchev–Trinajstić information content (AvgIpc) is 2.54. The topological polar surface area (TPSA) is 85.1 Å². The second-order valence-electron chi connectivity index (χ2n) is 9.31. The first kappa shape index (κ1) is 21.6. The van der Waals surface area contributed by atoms with E-state index >= 15 is 0 Å². The van der Waals surface area contributed by atoms with Crippen LogP contribution in [0.1, 0.15) is 68.7 Å². The SMILES string of the molecule is CC(C)(C)NC(=O)c1cc(CC(=O)Cc2ccc(C(C)(C)C)cc2N)ccn1. The molecule has 3 N–H and O–H groups in total. The second kappa shape index (κ2) is 8.13. The molecule has 0 aliphatic rings. The number of Topliss-reactive ketones (excluding diaryl/α,β-unsaturated/α-hetero) is 1. The van der Waals surface area contributed by atoms with Crippen LogP contribution in [-0.4, -0.2) is 22.2 Å².